The maximum atomic E-state index is 12.1. The SMILES string of the molecule is Cc1ccc(-c2nc(-c3ccccc3OS(C)(=O)=O)n(-c3ccccc3)c2-c2ccc(C)cc2)cc1. The molecule has 180 valence electrons. The van der Waals surface area contributed by atoms with Crippen molar-refractivity contribution in [2.75, 3.05) is 6.26 Å². The van der Waals surface area contributed by atoms with Crippen LogP contribution in [-0.4, -0.2) is 24.2 Å². The first-order valence-corrected chi connectivity index (χ1v) is 13.4. The van der Waals surface area contributed by atoms with E-state index in [9.17, 15) is 8.42 Å². The Morgan fingerprint density at radius 1 is 0.694 bits per heavy atom. The molecule has 6 heteroatoms. The summed E-state index contributed by atoms with van der Waals surface area (Å²) in [5.41, 5.74) is 7.48. The molecule has 0 amide bonds. The van der Waals surface area contributed by atoms with Crippen LogP contribution >= 0.6 is 0 Å². The van der Waals surface area contributed by atoms with Crippen molar-refractivity contribution in [2.45, 2.75) is 13.8 Å². The number of hydrogen-bond donors (Lipinski definition) is 0. The van der Waals surface area contributed by atoms with Gasteiger partial charge < -0.3 is 4.18 Å². The Morgan fingerprint density at radius 3 is 1.86 bits per heavy atom. The van der Waals surface area contributed by atoms with Gasteiger partial charge in [-0.25, -0.2) is 4.98 Å². The maximum Gasteiger partial charge on any atom is 0.306 e. The van der Waals surface area contributed by atoms with E-state index in [1.165, 1.54) is 0 Å². The third-order valence-corrected chi connectivity index (χ3v) is 6.39. The molecule has 0 radical (unpaired) electrons. The summed E-state index contributed by atoms with van der Waals surface area (Å²) < 4.78 is 31.6. The van der Waals surface area contributed by atoms with Gasteiger partial charge in [0.15, 0.2) is 5.75 Å². The van der Waals surface area contributed by atoms with Gasteiger partial charge in [0.05, 0.1) is 23.2 Å². The van der Waals surface area contributed by atoms with Gasteiger partial charge >= 0.3 is 10.1 Å². The number of nitrogens with zero attached hydrogens (tertiary/aromatic N) is 2. The molecule has 0 unspecified atom stereocenters. The standard InChI is InChI=1S/C30H26N2O3S/c1-21-13-17-23(18-14-21)28-29(24-19-15-22(2)16-20-24)32(25-9-5-4-6-10-25)30(31-28)26-11-7-8-12-27(26)35-36(3,33)34/h4-20H,1-3H3. The normalized spacial score (nSPS) is 11.4. The summed E-state index contributed by atoms with van der Waals surface area (Å²) in [5, 5.41) is 0. The lowest BCUT2D eigenvalue weighted by Crippen LogP contribution is -2.08. The maximum absolute atomic E-state index is 12.1. The first-order chi connectivity index (χ1) is 17.3. The molecule has 0 fully saturated rings. The van der Waals surface area contributed by atoms with E-state index in [1.807, 2.05) is 42.5 Å². The number of aromatic nitrogens is 2. The molecule has 0 aliphatic heterocycles. The summed E-state index contributed by atoms with van der Waals surface area (Å²) in [5.74, 6) is 0.819. The molecule has 1 aromatic heterocycles. The smallest absolute Gasteiger partial charge is 0.306 e. The van der Waals surface area contributed by atoms with Gasteiger partial charge in [0.1, 0.15) is 5.82 Å². The molecule has 0 aliphatic carbocycles. The number of para-hydroxylation sites is 2. The number of imidazole rings is 1. The quantitative estimate of drug-likeness (QED) is 0.243. The molecule has 1 heterocycles. The molecular weight excluding hydrogens is 468 g/mol. The highest BCUT2D eigenvalue weighted by molar-refractivity contribution is 7.86. The molecule has 0 aliphatic rings. The van der Waals surface area contributed by atoms with Crippen LogP contribution in [0.3, 0.4) is 0 Å². The summed E-state index contributed by atoms with van der Waals surface area (Å²) in [6.45, 7) is 4.11. The average molecular weight is 495 g/mol. The molecule has 36 heavy (non-hydrogen) atoms. The van der Waals surface area contributed by atoms with E-state index in [-0.39, 0.29) is 5.75 Å². The summed E-state index contributed by atoms with van der Waals surface area (Å²) in [4.78, 5) is 5.13. The van der Waals surface area contributed by atoms with E-state index in [0.717, 1.165) is 45.6 Å². The minimum Gasteiger partial charge on any atom is -0.382 e. The molecule has 5 rings (SSSR count). The van der Waals surface area contributed by atoms with Gasteiger partial charge in [-0.3, -0.25) is 4.57 Å². The second kappa shape index (κ2) is 9.47. The minimum atomic E-state index is -3.74. The van der Waals surface area contributed by atoms with Gasteiger partial charge in [-0.2, -0.15) is 8.42 Å². The highest BCUT2D eigenvalue weighted by atomic mass is 32.2. The second-order valence-electron chi connectivity index (χ2n) is 8.82. The predicted octanol–water partition coefficient (Wildman–Crippen LogP) is 6.83. The second-order valence-corrected chi connectivity index (χ2v) is 10.4. The number of benzene rings is 4. The van der Waals surface area contributed by atoms with Crippen molar-refractivity contribution in [3.8, 4) is 45.3 Å². The Labute approximate surface area is 211 Å². The van der Waals surface area contributed by atoms with E-state index in [0.29, 0.717) is 11.4 Å². The van der Waals surface area contributed by atoms with Crippen LogP contribution in [0.2, 0.25) is 0 Å². The van der Waals surface area contributed by atoms with E-state index in [2.05, 4.69) is 66.9 Å². The number of aryl methyl sites for hydroxylation is 2. The van der Waals surface area contributed by atoms with Gasteiger partial charge in [-0.05, 0) is 38.1 Å². The lowest BCUT2D eigenvalue weighted by Gasteiger charge is -2.15. The van der Waals surface area contributed by atoms with Crippen molar-refractivity contribution in [3.05, 3.63) is 114 Å². The molecular formula is C30H26N2O3S. The van der Waals surface area contributed by atoms with Crippen molar-refractivity contribution in [2.24, 2.45) is 0 Å². The van der Waals surface area contributed by atoms with Crippen molar-refractivity contribution in [1.82, 2.24) is 9.55 Å². The first kappa shape index (κ1) is 23.6. The molecule has 0 saturated heterocycles. The zero-order valence-corrected chi connectivity index (χ0v) is 21.2. The zero-order valence-electron chi connectivity index (χ0n) is 20.3. The van der Waals surface area contributed by atoms with Gasteiger partial charge in [0.25, 0.3) is 0 Å². The lowest BCUT2D eigenvalue weighted by molar-refractivity contribution is 0.493. The lowest BCUT2D eigenvalue weighted by atomic mass is 10.0. The van der Waals surface area contributed by atoms with Crippen molar-refractivity contribution < 1.29 is 12.6 Å². The third kappa shape index (κ3) is 4.81. The third-order valence-electron chi connectivity index (χ3n) is 5.91. The topological polar surface area (TPSA) is 61.2 Å². The van der Waals surface area contributed by atoms with Crippen LogP contribution in [0, 0.1) is 13.8 Å². The van der Waals surface area contributed by atoms with E-state index in [1.54, 1.807) is 12.1 Å². The van der Waals surface area contributed by atoms with Gasteiger partial charge in [-0.1, -0.05) is 90.0 Å². The average Bonchev–Trinajstić information content (AvgIpc) is 3.25. The molecule has 0 saturated carbocycles. The highest BCUT2D eigenvalue weighted by Crippen LogP contribution is 2.41. The monoisotopic (exact) mass is 494 g/mol. The molecule has 0 N–H and O–H groups in total. The number of hydrogen-bond acceptors (Lipinski definition) is 4. The van der Waals surface area contributed by atoms with Crippen LogP contribution in [0.4, 0.5) is 0 Å². The fourth-order valence-corrected chi connectivity index (χ4v) is 4.68. The van der Waals surface area contributed by atoms with Crippen LogP contribution < -0.4 is 4.18 Å². The van der Waals surface area contributed by atoms with Crippen LogP contribution in [0.5, 0.6) is 5.75 Å². The molecule has 0 bridgehead atoms. The molecule has 0 spiro atoms. The largest absolute Gasteiger partial charge is 0.382 e. The molecule has 4 aromatic carbocycles. The van der Waals surface area contributed by atoms with Gasteiger partial charge in [0.2, 0.25) is 0 Å². The fourth-order valence-electron chi connectivity index (χ4n) is 4.21. The predicted molar refractivity (Wildman–Crippen MR) is 145 cm³/mol. The Balaban J connectivity index is 1.88. The van der Waals surface area contributed by atoms with E-state index in [4.69, 9.17) is 9.17 Å². The van der Waals surface area contributed by atoms with Crippen LogP contribution in [0.1, 0.15) is 11.1 Å². The van der Waals surface area contributed by atoms with Crippen molar-refractivity contribution in [3.63, 3.8) is 0 Å². The summed E-state index contributed by atoms with van der Waals surface area (Å²) in [7, 11) is -3.74. The number of rotatable bonds is 6. The van der Waals surface area contributed by atoms with Crippen LogP contribution in [-0.2, 0) is 10.1 Å². The Bertz CT molecular complexity index is 1620. The fraction of sp³-hybridized carbons (Fsp3) is 0.100. The minimum absolute atomic E-state index is 0.230. The van der Waals surface area contributed by atoms with E-state index < -0.39 is 10.1 Å². The molecule has 5 aromatic rings. The Morgan fingerprint density at radius 2 is 1.25 bits per heavy atom. The molecule has 0 atom stereocenters. The van der Waals surface area contributed by atoms with Gasteiger partial charge in [-0.15, -0.1) is 0 Å². The van der Waals surface area contributed by atoms with Crippen molar-refractivity contribution >= 4 is 10.1 Å². The van der Waals surface area contributed by atoms with E-state index >= 15 is 0 Å². The van der Waals surface area contributed by atoms with Crippen molar-refractivity contribution in [1.29, 1.82) is 0 Å². The summed E-state index contributed by atoms with van der Waals surface area (Å²) in [6.07, 6.45) is 1.04. The van der Waals surface area contributed by atoms with Gasteiger partial charge in [0, 0.05) is 16.8 Å². The Hall–Kier alpha value is -4.16. The molecule has 5 nitrogen and oxygen atoms in total. The Kier molecular flexibility index (Phi) is 6.20. The van der Waals surface area contributed by atoms with Crippen LogP contribution in [0.25, 0.3) is 39.6 Å². The van der Waals surface area contributed by atoms with Crippen LogP contribution in [0.15, 0.2) is 103 Å². The first-order valence-electron chi connectivity index (χ1n) is 11.6. The highest BCUT2D eigenvalue weighted by Gasteiger charge is 2.25. The summed E-state index contributed by atoms with van der Waals surface area (Å²) >= 11 is 0. The summed E-state index contributed by atoms with van der Waals surface area (Å²) in [6, 6.07) is 33.6. The zero-order chi connectivity index (χ0) is 25.3.